The second-order valence-electron chi connectivity index (χ2n) is 3.80. The van der Waals surface area contributed by atoms with Gasteiger partial charge < -0.3 is 9.84 Å². The minimum Gasteiger partial charge on any atom is -0.361 e. The van der Waals surface area contributed by atoms with Crippen molar-refractivity contribution in [1.82, 2.24) is 5.16 Å². The zero-order valence-electron chi connectivity index (χ0n) is 9.75. The number of carbonyl (C=O) groups is 1. The van der Waals surface area contributed by atoms with Gasteiger partial charge in [-0.3, -0.25) is 4.79 Å². The number of carbonyl (C=O) groups excluding carboxylic acids is 1. The summed E-state index contributed by atoms with van der Waals surface area (Å²) in [6, 6.07) is 4.85. The molecule has 94 valence electrons. The van der Waals surface area contributed by atoms with Crippen molar-refractivity contribution < 1.29 is 9.32 Å². The number of rotatable bonds is 2. The Labute approximate surface area is 114 Å². The number of halogens is 2. The fourth-order valence-corrected chi connectivity index (χ4v) is 1.69. The van der Waals surface area contributed by atoms with Crippen molar-refractivity contribution in [2.45, 2.75) is 13.8 Å². The van der Waals surface area contributed by atoms with E-state index in [9.17, 15) is 4.79 Å². The lowest BCUT2D eigenvalue weighted by Gasteiger charge is -2.04. The predicted octanol–water partition coefficient (Wildman–Crippen LogP) is 3.85. The van der Waals surface area contributed by atoms with Crippen LogP contribution in [0, 0.1) is 13.8 Å². The molecule has 0 aliphatic carbocycles. The molecule has 0 unspecified atom stereocenters. The maximum absolute atomic E-state index is 11.9. The summed E-state index contributed by atoms with van der Waals surface area (Å²) in [4.78, 5) is 11.9. The Hall–Kier alpha value is -1.52. The molecule has 0 bridgehead atoms. The second kappa shape index (κ2) is 5.00. The van der Waals surface area contributed by atoms with Crippen molar-refractivity contribution in [1.29, 1.82) is 0 Å². The topological polar surface area (TPSA) is 55.1 Å². The highest BCUT2D eigenvalue weighted by atomic mass is 35.5. The molecule has 6 heteroatoms. The zero-order chi connectivity index (χ0) is 13.3. The number of aryl methyl sites for hydroxylation is 1. The first-order valence-corrected chi connectivity index (χ1v) is 5.94. The van der Waals surface area contributed by atoms with Gasteiger partial charge in [-0.2, -0.15) is 0 Å². The number of aromatic nitrogens is 1. The lowest BCUT2D eigenvalue weighted by Crippen LogP contribution is -2.13. The zero-order valence-corrected chi connectivity index (χ0v) is 11.3. The quantitative estimate of drug-likeness (QED) is 0.911. The SMILES string of the molecule is Cc1onc(C(=O)Nc2ccc(Cl)c(Cl)c2)c1C. The third kappa shape index (κ3) is 2.49. The van der Waals surface area contributed by atoms with E-state index in [0.29, 0.717) is 27.1 Å². The molecule has 2 rings (SSSR count). The Morgan fingerprint density at radius 3 is 2.56 bits per heavy atom. The Bertz CT molecular complexity index is 608. The van der Waals surface area contributed by atoms with Crippen LogP contribution in [-0.4, -0.2) is 11.1 Å². The predicted molar refractivity (Wildman–Crippen MR) is 70.4 cm³/mol. The second-order valence-corrected chi connectivity index (χ2v) is 4.61. The Morgan fingerprint density at radius 1 is 1.28 bits per heavy atom. The molecule has 1 aromatic carbocycles. The lowest BCUT2D eigenvalue weighted by atomic mass is 10.2. The van der Waals surface area contributed by atoms with Crippen LogP contribution in [0.1, 0.15) is 21.8 Å². The number of anilines is 1. The number of benzene rings is 1. The van der Waals surface area contributed by atoms with Crippen molar-refractivity contribution in [3.05, 3.63) is 45.3 Å². The van der Waals surface area contributed by atoms with Crippen LogP contribution in [0.2, 0.25) is 10.0 Å². The fourth-order valence-electron chi connectivity index (χ4n) is 1.39. The van der Waals surface area contributed by atoms with Gasteiger partial charge in [0, 0.05) is 11.3 Å². The van der Waals surface area contributed by atoms with Crippen LogP contribution in [0.5, 0.6) is 0 Å². The number of hydrogen-bond donors (Lipinski definition) is 1. The molecule has 1 amide bonds. The maximum atomic E-state index is 11.9. The van der Waals surface area contributed by atoms with Gasteiger partial charge in [-0.25, -0.2) is 0 Å². The van der Waals surface area contributed by atoms with E-state index in [4.69, 9.17) is 27.7 Å². The standard InChI is InChI=1S/C12H10Cl2N2O2/c1-6-7(2)18-16-11(6)12(17)15-8-3-4-9(13)10(14)5-8/h3-5H,1-2H3,(H,15,17). The van der Waals surface area contributed by atoms with Crippen LogP contribution in [-0.2, 0) is 0 Å². The molecule has 1 N–H and O–H groups in total. The largest absolute Gasteiger partial charge is 0.361 e. The Balaban J connectivity index is 2.21. The molecule has 0 fully saturated rings. The van der Waals surface area contributed by atoms with Crippen molar-refractivity contribution in [2.75, 3.05) is 5.32 Å². The van der Waals surface area contributed by atoms with E-state index in [2.05, 4.69) is 10.5 Å². The third-order valence-electron chi connectivity index (χ3n) is 2.55. The molecule has 0 atom stereocenters. The minimum atomic E-state index is -0.345. The van der Waals surface area contributed by atoms with Crippen LogP contribution in [0.3, 0.4) is 0 Å². The van der Waals surface area contributed by atoms with Gasteiger partial charge in [0.1, 0.15) is 5.76 Å². The lowest BCUT2D eigenvalue weighted by molar-refractivity contribution is 0.101. The van der Waals surface area contributed by atoms with Gasteiger partial charge >= 0.3 is 0 Å². The number of amides is 1. The highest BCUT2D eigenvalue weighted by Gasteiger charge is 2.16. The molecule has 1 aromatic heterocycles. The summed E-state index contributed by atoms with van der Waals surface area (Å²) in [6.45, 7) is 3.52. The summed E-state index contributed by atoms with van der Waals surface area (Å²) in [5.74, 6) is 0.275. The first-order valence-electron chi connectivity index (χ1n) is 5.18. The Kier molecular flexibility index (Phi) is 3.59. The summed E-state index contributed by atoms with van der Waals surface area (Å²) >= 11 is 11.7. The average molecular weight is 285 g/mol. The van der Waals surface area contributed by atoms with E-state index >= 15 is 0 Å². The van der Waals surface area contributed by atoms with Gasteiger partial charge in [0.05, 0.1) is 10.0 Å². The van der Waals surface area contributed by atoms with Crippen molar-refractivity contribution in [3.8, 4) is 0 Å². The molecular weight excluding hydrogens is 275 g/mol. The van der Waals surface area contributed by atoms with Gasteiger partial charge in [-0.05, 0) is 32.0 Å². The highest BCUT2D eigenvalue weighted by molar-refractivity contribution is 6.42. The molecule has 0 aliphatic heterocycles. The van der Waals surface area contributed by atoms with Crippen LogP contribution in [0.25, 0.3) is 0 Å². The summed E-state index contributed by atoms with van der Waals surface area (Å²) in [7, 11) is 0. The van der Waals surface area contributed by atoms with Crippen LogP contribution in [0.15, 0.2) is 22.7 Å². The summed E-state index contributed by atoms with van der Waals surface area (Å²) < 4.78 is 4.94. The Morgan fingerprint density at radius 2 is 2.00 bits per heavy atom. The third-order valence-corrected chi connectivity index (χ3v) is 3.29. The molecule has 0 radical (unpaired) electrons. The van der Waals surface area contributed by atoms with Crippen LogP contribution in [0.4, 0.5) is 5.69 Å². The first kappa shape index (κ1) is 12.9. The minimum absolute atomic E-state index is 0.263. The van der Waals surface area contributed by atoms with Crippen molar-refractivity contribution in [2.24, 2.45) is 0 Å². The van der Waals surface area contributed by atoms with Gasteiger partial charge in [0.15, 0.2) is 5.69 Å². The summed E-state index contributed by atoms with van der Waals surface area (Å²) in [6.07, 6.45) is 0. The number of nitrogens with one attached hydrogen (secondary N) is 1. The monoisotopic (exact) mass is 284 g/mol. The fraction of sp³-hybridized carbons (Fsp3) is 0.167. The number of nitrogens with zero attached hydrogens (tertiary/aromatic N) is 1. The molecule has 2 aromatic rings. The smallest absolute Gasteiger partial charge is 0.278 e. The molecule has 0 aliphatic rings. The molecule has 4 nitrogen and oxygen atoms in total. The van der Waals surface area contributed by atoms with E-state index in [1.54, 1.807) is 32.0 Å². The van der Waals surface area contributed by atoms with E-state index in [0.717, 1.165) is 0 Å². The van der Waals surface area contributed by atoms with Crippen LogP contribution >= 0.6 is 23.2 Å². The van der Waals surface area contributed by atoms with E-state index in [1.807, 2.05) is 0 Å². The van der Waals surface area contributed by atoms with Crippen molar-refractivity contribution in [3.63, 3.8) is 0 Å². The van der Waals surface area contributed by atoms with Gasteiger partial charge in [0.25, 0.3) is 5.91 Å². The average Bonchev–Trinajstić information content (AvgIpc) is 2.65. The van der Waals surface area contributed by atoms with E-state index < -0.39 is 0 Å². The number of hydrogen-bond acceptors (Lipinski definition) is 3. The molecule has 0 spiro atoms. The van der Waals surface area contributed by atoms with Crippen LogP contribution < -0.4 is 5.32 Å². The summed E-state index contributed by atoms with van der Waals surface area (Å²) in [5.41, 5.74) is 1.53. The van der Waals surface area contributed by atoms with Gasteiger partial charge in [-0.1, -0.05) is 28.4 Å². The molecule has 0 saturated carbocycles. The van der Waals surface area contributed by atoms with Gasteiger partial charge in [-0.15, -0.1) is 0 Å². The first-order chi connectivity index (χ1) is 8.49. The molecular formula is C12H10Cl2N2O2. The molecule has 18 heavy (non-hydrogen) atoms. The van der Waals surface area contributed by atoms with E-state index in [-0.39, 0.29) is 11.6 Å². The summed E-state index contributed by atoms with van der Waals surface area (Å²) in [5, 5.41) is 7.19. The molecule has 0 saturated heterocycles. The van der Waals surface area contributed by atoms with E-state index in [1.165, 1.54) is 0 Å². The normalized spacial score (nSPS) is 10.4. The van der Waals surface area contributed by atoms with Crippen molar-refractivity contribution >= 4 is 34.8 Å². The van der Waals surface area contributed by atoms with Gasteiger partial charge in [0.2, 0.25) is 0 Å². The molecule has 1 heterocycles. The highest BCUT2D eigenvalue weighted by Crippen LogP contribution is 2.25. The maximum Gasteiger partial charge on any atom is 0.278 e.